The number of nitrogen functional groups attached to an aromatic ring is 1. The lowest BCUT2D eigenvalue weighted by molar-refractivity contribution is -0.168. The highest BCUT2D eigenvalue weighted by molar-refractivity contribution is 6.05. The Morgan fingerprint density at radius 3 is 2.65 bits per heavy atom. The summed E-state index contributed by atoms with van der Waals surface area (Å²) in [6.07, 6.45) is -0.392. The number of nitrogens with zero attached hydrogens (tertiary/aromatic N) is 4. The van der Waals surface area contributed by atoms with Gasteiger partial charge in [-0.1, -0.05) is 17.9 Å². The maximum absolute atomic E-state index is 15.0. The average Bonchev–Trinajstić information content (AvgIpc) is 3.58. The first-order valence-electron chi connectivity index (χ1n) is 10.8. The summed E-state index contributed by atoms with van der Waals surface area (Å²) >= 11 is 0. The second-order valence-electron chi connectivity index (χ2n) is 8.71. The molecule has 2 aliphatic rings. The Balaban J connectivity index is 1.66. The van der Waals surface area contributed by atoms with Crippen LogP contribution in [0.4, 0.5) is 40.6 Å². The summed E-state index contributed by atoms with van der Waals surface area (Å²) < 4.78 is 55.1. The van der Waals surface area contributed by atoms with Crippen LogP contribution in [0.1, 0.15) is 30.4 Å². The minimum Gasteiger partial charge on any atom is -0.382 e. The van der Waals surface area contributed by atoms with E-state index in [2.05, 4.69) is 21.8 Å². The fourth-order valence-electron chi connectivity index (χ4n) is 4.52. The number of fused-ring (bicyclic) bond motifs is 2. The van der Waals surface area contributed by atoms with Crippen LogP contribution in [-0.4, -0.2) is 29.7 Å². The fourth-order valence-corrected chi connectivity index (χ4v) is 4.52. The molecule has 3 heterocycles. The van der Waals surface area contributed by atoms with Crippen LogP contribution >= 0.6 is 0 Å². The molecule has 10 heteroatoms. The van der Waals surface area contributed by atoms with Crippen molar-refractivity contribution >= 4 is 33.8 Å². The van der Waals surface area contributed by atoms with Gasteiger partial charge < -0.3 is 15.6 Å². The van der Waals surface area contributed by atoms with Gasteiger partial charge in [-0.05, 0) is 43.4 Å². The van der Waals surface area contributed by atoms with E-state index in [0.29, 0.717) is 47.5 Å². The third-order valence-electron chi connectivity index (χ3n) is 6.44. The van der Waals surface area contributed by atoms with Crippen molar-refractivity contribution < 1.29 is 17.6 Å². The number of aromatic nitrogens is 2. The third-order valence-corrected chi connectivity index (χ3v) is 6.44. The van der Waals surface area contributed by atoms with Crippen molar-refractivity contribution in [2.24, 2.45) is 11.3 Å². The molecule has 1 aliphatic carbocycles. The van der Waals surface area contributed by atoms with Crippen molar-refractivity contribution in [3.63, 3.8) is 0 Å². The molecule has 5 rings (SSSR count). The van der Waals surface area contributed by atoms with Gasteiger partial charge in [0.15, 0.2) is 11.6 Å². The molecule has 0 unspecified atom stereocenters. The van der Waals surface area contributed by atoms with Gasteiger partial charge in [-0.3, -0.25) is 4.98 Å². The standard InChI is InChI=1S/C24H22F4N6/c1-33(30)20-16-12-31-13-17(25)19(16)22(32-21(20)29)34-11-3-5-15-14(4-2-6-18(15)34)7-8-23(9-10-23)24(26,27)28/h2,4,6,12-13H,3,5,9-11,30H2,1H3,(H2,29,32). The molecule has 0 atom stereocenters. The van der Waals surface area contributed by atoms with E-state index in [4.69, 9.17) is 11.6 Å². The molecule has 176 valence electrons. The number of rotatable bonds is 2. The molecule has 0 bridgehead atoms. The van der Waals surface area contributed by atoms with E-state index in [-0.39, 0.29) is 24.0 Å². The highest BCUT2D eigenvalue weighted by Crippen LogP contribution is 2.57. The van der Waals surface area contributed by atoms with Gasteiger partial charge in [-0.15, -0.1) is 0 Å². The largest absolute Gasteiger partial charge is 0.405 e. The Labute approximate surface area is 193 Å². The Morgan fingerprint density at radius 1 is 1.21 bits per heavy atom. The van der Waals surface area contributed by atoms with Crippen LogP contribution in [0.15, 0.2) is 30.6 Å². The van der Waals surface area contributed by atoms with Crippen molar-refractivity contribution in [3.05, 3.63) is 47.5 Å². The predicted octanol–water partition coefficient (Wildman–Crippen LogP) is 4.44. The minimum absolute atomic E-state index is 0.0229. The van der Waals surface area contributed by atoms with Crippen molar-refractivity contribution in [1.29, 1.82) is 0 Å². The van der Waals surface area contributed by atoms with Gasteiger partial charge in [0.05, 0.1) is 11.6 Å². The quantitative estimate of drug-likeness (QED) is 0.249. The van der Waals surface area contributed by atoms with E-state index >= 15 is 4.39 Å². The number of halogens is 4. The van der Waals surface area contributed by atoms with E-state index < -0.39 is 17.4 Å². The summed E-state index contributed by atoms with van der Waals surface area (Å²) in [5.41, 5.74) is 6.71. The molecule has 0 amide bonds. The predicted molar refractivity (Wildman–Crippen MR) is 123 cm³/mol. The van der Waals surface area contributed by atoms with E-state index in [1.54, 1.807) is 19.2 Å². The van der Waals surface area contributed by atoms with Crippen LogP contribution in [-0.2, 0) is 6.42 Å². The van der Waals surface area contributed by atoms with E-state index in [9.17, 15) is 13.2 Å². The number of nitrogens with two attached hydrogens (primary N) is 2. The molecule has 34 heavy (non-hydrogen) atoms. The number of anilines is 4. The highest BCUT2D eigenvalue weighted by atomic mass is 19.4. The lowest BCUT2D eigenvalue weighted by Gasteiger charge is -2.32. The maximum atomic E-state index is 15.0. The molecule has 0 spiro atoms. The lowest BCUT2D eigenvalue weighted by atomic mass is 9.95. The summed E-state index contributed by atoms with van der Waals surface area (Å²) in [5.74, 6) is 11.0. The molecule has 4 N–H and O–H groups in total. The Morgan fingerprint density at radius 2 is 1.97 bits per heavy atom. The number of hydrogen-bond acceptors (Lipinski definition) is 6. The van der Waals surface area contributed by atoms with Gasteiger partial charge in [-0.2, -0.15) is 13.2 Å². The van der Waals surface area contributed by atoms with Crippen molar-refractivity contribution in [2.75, 3.05) is 29.2 Å². The summed E-state index contributed by atoms with van der Waals surface area (Å²) in [5, 5.41) is 1.90. The van der Waals surface area contributed by atoms with Crippen LogP contribution in [0, 0.1) is 23.1 Å². The summed E-state index contributed by atoms with van der Waals surface area (Å²) in [6, 6.07) is 5.29. The van der Waals surface area contributed by atoms with Crippen LogP contribution in [0.2, 0.25) is 0 Å². The highest BCUT2D eigenvalue weighted by Gasteiger charge is 2.62. The van der Waals surface area contributed by atoms with E-state index in [1.807, 2.05) is 11.0 Å². The smallest absolute Gasteiger partial charge is 0.382 e. The second-order valence-corrected chi connectivity index (χ2v) is 8.71. The fraction of sp³-hybridized carbons (Fsp3) is 0.333. The zero-order valence-electron chi connectivity index (χ0n) is 18.4. The van der Waals surface area contributed by atoms with E-state index in [0.717, 1.165) is 11.8 Å². The van der Waals surface area contributed by atoms with E-state index in [1.165, 1.54) is 11.2 Å². The molecule has 1 fully saturated rings. The molecular formula is C24H22F4N6. The van der Waals surface area contributed by atoms with Crippen LogP contribution in [0.25, 0.3) is 10.8 Å². The van der Waals surface area contributed by atoms with Crippen molar-refractivity contribution in [2.45, 2.75) is 31.9 Å². The average molecular weight is 470 g/mol. The topological polar surface area (TPSA) is 84.3 Å². The van der Waals surface area contributed by atoms with Gasteiger partial charge in [-0.25, -0.2) is 15.2 Å². The molecule has 6 nitrogen and oxygen atoms in total. The number of alkyl halides is 3. The normalized spacial score (nSPS) is 16.6. The SMILES string of the molecule is CN(N)c1c(N)nc(N2CCCc3c(C#CC4(C(F)(F)F)CC4)cccc32)c2c(F)cncc12. The molecule has 2 aromatic heterocycles. The zero-order chi connectivity index (χ0) is 24.3. The molecule has 1 aliphatic heterocycles. The number of hydrogen-bond donors (Lipinski definition) is 2. The van der Waals surface area contributed by atoms with Gasteiger partial charge in [0.1, 0.15) is 16.9 Å². The summed E-state index contributed by atoms with van der Waals surface area (Å²) in [7, 11) is 1.58. The van der Waals surface area contributed by atoms with Gasteiger partial charge >= 0.3 is 6.18 Å². The Bertz CT molecular complexity index is 1350. The van der Waals surface area contributed by atoms with Gasteiger partial charge in [0.2, 0.25) is 0 Å². The zero-order valence-corrected chi connectivity index (χ0v) is 18.4. The minimum atomic E-state index is -4.34. The molecule has 0 saturated heterocycles. The van der Waals surface area contributed by atoms with Crippen LogP contribution in [0.5, 0.6) is 0 Å². The first kappa shape index (κ1) is 22.2. The molecule has 1 aromatic carbocycles. The summed E-state index contributed by atoms with van der Waals surface area (Å²) in [6.45, 7) is 0.525. The monoisotopic (exact) mass is 470 g/mol. The molecule has 3 aromatic rings. The Hall–Kier alpha value is -3.58. The first-order chi connectivity index (χ1) is 16.1. The molecular weight excluding hydrogens is 448 g/mol. The maximum Gasteiger partial charge on any atom is 0.405 e. The second kappa shape index (κ2) is 7.74. The number of pyridine rings is 2. The molecule has 0 radical (unpaired) electrons. The number of benzene rings is 1. The lowest BCUT2D eigenvalue weighted by Crippen LogP contribution is -2.29. The third kappa shape index (κ3) is 3.47. The van der Waals surface area contributed by atoms with Gasteiger partial charge in [0, 0.05) is 36.4 Å². The van der Waals surface area contributed by atoms with Crippen LogP contribution < -0.4 is 21.5 Å². The first-order valence-corrected chi connectivity index (χ1v) is 10.8. The van der Waals surface area contributed by atoms with Crippen LogP contribution in [0.3, 0.4) is 0 Å². The van der Waals surface area contributed by atoms with Crippen molar-refractivity contribution in [1.82, 2.24) is 9.97 Å². The van der Waals surface area contributed by atoms with Gasteiger partial charge in [0.25, 0.3) is 0 Å². The Kier molecular flexibility index (Phi) is 5.06. The van der Waals surface area contributed by atoms with Crippen molar-refractivity contribution in [3.8, 4) is 11.8 Å². The number of hydrazine groups is 1. The molecule has 1 saturated carbocycles. The summed E-state index contributed by atoms with van der Waals surface area (Å²) in [4.78, 5) is 10.3.